The molecule has 5 heteroatoms. The molecule has 0 unspecified atom stereocenters. The van der Waals surface area contributed by atoms with Gasteiger partial charge in [-0.1, -0.05) is 36.4 Å². The summed E-state index contributed by atoms with van der Waals surface area (Å²) in [4.78, 5) is 23.1. The molecule has 136 valence electrons. The number of aliphatic imine (C=N–C) groups is 1. The maximum atomic E-state index is 13.0. The lowest BCUT2D eigenvalue weighted by Gasteiger charge is -2.12. The number of carbonyl (C=O) groups excluding carboxylic acids is 1. The van der Waals surface area contributed by atoms with Crippen LogP contribution in [0.15, 0.2) is 59.9 Å². The zero-order chi connectivity index (χ0) is 18.5. The van der Waals surface area contributed by atoms with Crippen LogP contribution in [-0.2, 0) is 19.4 Å². The van der Waals surface area contributed by atoms with Crippen molar-refractivity contribution in [1.29, 1.82) is 0 Å². The minimum absolute atomic E-state index is 0.0309. The number of hydrogen-bond acceptors (Lipinski definition) is 4. The van der Waals surface area contributed by atoms with E-state index in [1.165, 1.54) is 16.9 Å². The summed E-state index contributed by atoms with van der Waals surface area (Å²) in [5.74, 6) is -0.0309. The highest BCUT2D eigenvalue weighted by molar-refractivity contribution is 7.16. The quantitative estimate of drug-likeness (QED) is 0.657. The number of nitrogens with one attached hydrogen (secondary N) is 1. The highest BCUT2D eigenvalue weighted by Gasteiger charge is 2.25. The first-order valence-electron chi connectivity index (χ1n) is 9.22. The van der Waals surface area contributed by atoms with Crippen molar-refractivity contribution in [2.45, 2.75) is 32.2 Å². The minimum Gasteiger partial charge on any atom is -0.348 e. The van der Waals surface area contributed by atoms with E-state index in [0.717, 1.165) is 41.0 Å². The summed E-state index contributed by atoms with van der Waals surface area (Å²) in [6, 6.07) is 13.8. The van der Waals surface area contributed by atoms with Crippen LogP contribution in [0.1, 0.15) is 44.8 Å². The molecule has 0 atom stereocenters. The molecule has 1 N–H and O–H groups in total. The molecule has 4 rings (SSSR count). The summed E-state index contributed by atoms with van der Waals surface area (Å²) in [5.41, 5.74) is 3.97. The summed E-state index contributed by atoms with van der Waals surface area (Å²) in [5, 5.41) is 3.87. The Hall–Kier alpha value is -2.79. The second-order valence-corrected chi connectivity index (χ2v) is 7.69. The van der Waals surface area contributed by atoms with E-state index in [1.54, 1.807) is 29.9 Å². The number of aromatic nitrogens is 1. The third-order valence-electron chi connectivity index (χ3n) is 4.69. The van der Waals surface area contributed by atoms with E-state index in [-0.39, 0.29) is 5.91 Å². The number of hydrogen-bond donors (Lipinski definition) is 1. The molecule has 0 saturated carbocycles. The smallest absolute Gasteiger partial charge is 0.254 e. The van der Waals surface area contributed by atoms with Gasteiger partial charge in [0.2, 0.25) is 0 Å². The second kappa shape index (κ2) is 8.27. The lowest BCUT2D eigenvalue weighted by atomic mass is 9.95. The number of pyridine rings is 1. The molecule has 4 nitrogen and oxygen atoms in total. The van der Waals surface area contributed by atoms with Crippen molar-refractivity contribution in [2.24, 2.45) is 4.99 Å². The Bertz CT molecular complexity index is 948. The van der Waals surface area contributed by atoms with Crippen LogP contribution in [0.5, 0.6) is 0 Å². The Kier molecular flexibility index (Phi) is 5.39. The van der Waals surface area contributed by atoms with Gasteiger partial charge in [0.15, 0.2) is 0 Å². The van der Waals surface area contributed by atoms with Gasteiger partial charge in [-0.05, 0) is 42.9 Å². The van der Waals surface area contributed by atoms with Gasteiger partial charge in [0.1, 0.15) is 5.00 Å². The molecule has 0 aliphatic heterocycles. The van der Waals surface area contributed by atoms with Gasteiger partial charge < -0.3 is 5.32 Å². The molecule has 2 aromatic heterocycles. The number of rotatable bonds is 5. The predicted octanol–water partition coefficient (Wildman–Crippen LogP) is 4.70. The fourth-order valence-corrected chi connectivity index (χ4v) is 4.56. The molecule has 1 amide bonds. The molecule has 1 aliphatic carbocycles. The van der Waals surface area contributed by atoms with E-state index in [9.17, 15) is 4.79 Å². The van der Waals surface area contributed by atoms with Gasteiger partial charge in [0, 0.05) is 35.6 Å². The van der Waals surface area contributed by atoms with Crippen molar-refractivity contribution in [1.82, 2.24) is 10.3 Å². The van der Waals surface area contributed by atoms with Crippen molar-refractivity contribution in [2.75, 3.05) is 0 Å². The summed E-state index contributed by atoms with van der Waals surface area (Å²) >= 11 is 1.65. The van der Waals surface area contributed by atoms with Gasteiger partial charge in [-0.15, -0.1) is 11.3 Å². The second-order valence-electron chi connectivity index (χ2n) is 6.60. The highest BCUT2D eigenvalue weighted by atomic mass is 32.1. The SMILES string of the molecule is O=C(NCc1ccccc1)c1c(N=Cc2cccnc2)sc2c1CCCC2. The van der Waals surface area contributed by atoms with Gasteiger partial charge in [-0.25, -0.2) is 4.99 Å². The van der Waals surface area contributed by atoms with E-state index in [0.29, 0.717) is 6.54 Å². The van der Waals surface area contributed by atoms with E-state index in [2.05, 4.69) is 15.3 Å². The van der Waals surface area contributed by atoms with E-state index in [4.69, 9.17) is 0 Å². The van der Waals surface area contributed by atoms with Gasteiger partial charge in [0.05, 0.1) is 5.56 Å². The fourth-order valence-electron chi connectivity index (χ4n) is 3.33. The third kappa shape index (κ3) is 4.14. The number of fused-ring (bicyclic) bond motifs is 1. The maximum Gasteiger partial charge on any atom is 0.254 e. The first kappa shape index (κ1) is 17.6. The highest BCUT2D eigenvalue weighted by Crippen LogP contribution is 2.39. The standard InChI is InChI=1S/C22H21N3OS/c26-21(24-14-16-7-2-1-3-8-16)20-18-10-4-5-11-19(18)27-22(20)25-15-17-9-6-12-23-13-17/h1-3,6-9,12-13,15H,4-5,10-11,14H2,(H,24,26). The maximum absolute atomic E-state index is 13.0. The number of amides is 1. The van der Waals surface area contributed by atoms with Crippen LogP contribution < -0.4 is 5.32 Å². The zero-order valence-electron chi connectivity index (χ0n) is 15.0. The van der Waals surface area contributed by atoms with Crippen LogP contribution in [0, 0.1) is 0 Å². The van der Waals surface area contributed by atoms with Crippen LogP contribution >= 0.6 is 11.3 Å². The number of carbonyl (C=O) groups is 1. The van der Waals surface area contributed by atoms with E-state index < -0.39 is 0 Å². The topological polar surface area (TPSA) is 54.4 Å². The van der Waals surface area contributed by atoms with Gasteiger partial charge in [-0.2, -0.15) is 0 Å². The average Bonchev–Trinajstić information content (AvgIpc) is 3.10. The molecule has 0 bridgehead atoms. The van der Waals surface area contributed by atoms with Gasteiger partial charge in [0.25, 0.3) is 5.91 Å². The lowest BCUT2D eigenvalue weighted by Crippen LogP contribution is -2.24. The molecule has 27 heavy (non-hydrogen) atoms. The molecular formula is C22H21N3OS. The van der Waals surface area contributed by atoms with Crippen molar-refractivity contribution >= 4 is 28.5 Å². The molecule has 0 spiro atoms. The van der Waals surface area contributed by atoms with Crippen molar-refractivity contribution in [3.05, 3.63) is 82.0 Å². The van der Waals surface area contributed by atoms with Crippen LogP contribution in [0.4, 0.5) is 5.00 Å². The van der Waals surface area contributed by atoms with Gasteiger partial charge in [-0.3, -0.25) is 9.78 Å². The normalized spacial score (nSPS) is 13.5. The van der Waals surface area contributed by atoms with Crippen molar-refractivity contribution in [3.63, 3.8) is 0 Å². The van der Waals surface area contributed by atoms with Gasteiger partial charge >= 0.3 is 0 Å². The molecule has 0 saturated heterocycles. The molecule has 2 heterocycles. The lowest BCUT2D eigenvalue weighted by molar-refractivity contribution is 0.0951. The van der Waals surface area contributed by atoms with Crippen molar-refractivity contribution in [3.8, 4) is 0 Å². The number of thiophene rings is 1. The van der Waals surface area contributed by atoms with E-state index in [1.807, 2.05) is 42.5 Å². The monoisotopic (exact) mass is 375 g/mol. The number of benzene rings is 1. The van der Waals surface area contributed by atoms with E-state index >= 15 is 0 Å². The predicted molar refractivity (Wildman–Crippen MR) is 110 cm³/mol. The molecule has 0 radical (unpaired) electrons. The Morgan fingerprint density at radius 2 is 2.00 bits per heavy atom. The summed E-state index contributed by atoms with van der Waals surface area (Å²) in [7, 11) is 0. The number of aryl methyl sites for hydroxylation is 1. The first-order valence-corrected chi connectivity index (χ1v) is 10.0. The first-order chi connectivity index (χ1) is 13.3. The largest absolute Gasteiger partial charge is 0.348 e. The summed E-state index contributed by atoms with van der Waals surface area (Å²) in [6.07, 6.45) is 9.62. The molecule has 3 aromatic rings. The third-order valence-corrected chi connectivity index (χ3v) is 5.89. The zero-order valence-corrected chi connectivity index (χ0v) is 15.8. The number of nitrogens with zero attached hydrogens (tertiary/aromatic N) is 2. The van der Waals surface area contributed by atoms with Crippen LogP contribution in [0.2, 0.25) is 0 Å². The Morgan fingerprint density at radius 3 is 2.81 bits per heavy atom. The Balaban J connectivity index is 1.60. The summed E-state index contributed by atoms with van der Waals surface area (Å²) < 4.78 is 0. The minimum atomic E-state index is -0.0309. The van der Waals surface area contributed by atoms with Crippen LogP contribution in [0.25, 0.3) is 0 Å². The molecule has 1 aromatic carbocycles. The fraction of sp³-hybridized carbons (Fsp3) is 0.227. The average molecular weight is 375 g/mol. The summed E-state index contributed by atoms with van der Waals surface area (Å²) in [6.45, 7) is 0.524. The Morgan fingerprint density at radius 1 is 1.15 bits per heavy atom. The molecule has 1 aliphatic rings. The van der Waals surface area contributed by atoms with Crippen LogP contribution in [-0.4, -0.2) is 17.1 Å². The van der Waals surface area contributed by atoms with Crippen LogP contribution in [0.3, 0.4) is 0 Å². The molecular weight excluding hydrogens is 354 g/mol. The van der Waals surface area contributed by atoms with Crippen molar-refractivity contribution < 1.29 is 4.79 Å². The molecule has 0 fully saturated rings. The Labute approximate surface area is 163 Å².